The van der Waals surface area contributed by atoms with Crippen LogP contribution in [0.15, 0.2) is 18.2 Å². The second-order valence-electron chi connectivity index (χ2n) is 4.90. The van der Waals surface area contributed by atoms with Gasteiger partial charge in [-0.2, -0.15) is 0 Å². The van der Waals surface area contributed by atoms with Gasteiger partial charge in [-0.25, -0.2) is 8.78 Å². The van der Waals surface area contributed by atoms with Crippen molar-refractivity contribution in [3.8, 4) is 0 Å². The molecule has 2 N–H and O–H groups in total. The molecule has 2 heterocycles. The Hall–Kier alpha value is -1.57. The third-order valence-electron chi connectivity index (χ3n) is 3.47. The highest BCUT2D eigenvalue weighted by atomic mass is 19.1. The lowest BCUT2D eigenvalue weighted by Gasteiger charge is -2.17. The lowest BCUT2D eigenvalue weighted by Crippen LogP contribution is -2.44. The first-order valence-corrected chi connectivity index (χ1v) is 6.23. The van der Waals surface area contributed by atoms with E-state index in [-0.39, 0.29) is 18.8 Å². The second kappa shape index (κ2) is 5.08. The quantitative estimate of drug-likeness (QED) is 0.816. The summed E-state index contributed by atoms with van der Waals surface area (Å²) in [6.07, 6.45) is -1.62. The Morgan fingerprint density at radius 3 is 2.50 bits per heavy atom. The Morgan fingerprint density at radius 1 is 1.15 bits per heavy atom. The summed E-state index contributed by atoms with van der Waals surface area (Å²) in [5.41, 5.74) is -0.107. The molecule has 4 atom stereocenters. The van der Waals surface area contributed by atoms with Crippen LogP contribution in [0.3, 0.4) is 0 Å². The van der Waals surface area contributed by atoms with Gasteiger partial charge < -0.3 is 19.9 Å². The Morgan fingerprint density at radius 2 is 1.80 bits per heavy atom. The van der Waals surface area contributed by atoms with E-state index < -0.39 is 41.9 Å². The zero-order valence-corrected chi connectivity index (χ0v) is 10.4. The third kappa shape index (κ3) is 2.39. The van der Waals surface area contributed by atoms with Crippen molar-refractivity contribution in [2.24, 2.45) is 0 Å². The van der Waals surface area contributed by atoms with E-state index in [0.717, 1.165) is 12.1 Å². The summed E-state index contributed by atoms with van der Waals surface area (Å²) in [4.78, 5) is 12.0. The Kier molecular flexibility index (Phi) is 3.41. The molecule has 0 saturated carbocycles. The maximum absolute atomic E-state index is 13.1. The number of aliphatic hydroxyl groups is 1. The molecule has 2 aliphatic rings. The van der Waals surface area contributed by atoms with Crippen molar-refractivity contribution < 1.29 is 28.2 Å². The number of hydrogen-bond donors (Lipinski definition) is 2. The lowest BCUT2D eigenvalue weighted by molar-refractivity contribution is 0.0178. The van der Waals surface area contributed by atoms with Crippen LogP contribution >= 0.6 is 0 Å². The number of benzene rings is 1. The van der Waals surface area contributed by atoms with E-state index in [4.69, 9.17) is 9.47 Å². The normalized spacial score (nSPS) is 32.1. The maximum atomic E-state index is 13.1. The molecule has 1 amide bonds. The van der Waals surface area contributed by atoms with Crippen molar-refractivity contribution >= 4 is 5.91 Å². The predicted octanol–water partition coefficient (Wildman–Crippen LogP) is 0.222. The average Bonchev–Trinajstić information content (AvgIpc) is 2.93. The SMILES string of the molecule is O=C(N[C@H]1CO[C@H]2[C@@H]1OC[C@H]2O)c1cc(F)cc(F)c1. The lowest BCUT2D eigenvalue weighted by atomic mass is 10.1. The van der Waals surface area contributed by atoms with Gasteiger partial charge in [0.15, 0.2) is 0 Å². The number of carbonyl (C=O) groups excluding carboxylic acids is 1. The molecule has 0 bridgehead atoms. The van der Waals surface area contributed by atoms with Crippen molar-refractivity contribution in [2.75, 3.05) is 13.2 Å². The van der Waals surface area contributed by atoms with Crippen LogP contribution in [0.5, 0.6) is 0 Å². The first kappa shape index (κ1) is 13.4. The molecular weight excluding hydrogens is 272 g/mol. The number of fused-ring (bicyclic) bond motifs is 1. The largest absolute Gasteiger partial charge is 0.388 e. The average molecular weight is 285 g/mol. The summed E-state index contributed by atoms with van der Waals surface area (Å²) in [5, 5.41) is 12.2. The summed E-state index contributed by atoms with van der Waals surface area (Å²) in [6, 6.07) is 2.16. The Bertz CT molecular complexity index is 519. The van der Waals surface area contributed by atoms with Gasteiger partial charge in [-0.3, -0.25) is 4.79 Å². The van der Waals surface area contributed by atoms with Gasteiger partial charge in [0.25, 0.3) is 5.91 Å². The molecule has 20 heavy (non-hydrogen) atoms. The van der Waals surface area contributed by atoms with Crippen LogP contribution in [0.4, 0.5) is 8.78 Å². The van der Waals surface area contributed by atoms with Gasteiger partial charge in [0.1, 0.15) is 29.9 Å². The smallest absolute Gasteiger partial charge is 0.251 e. The van der Waals surface area contributed by atoms with Crippen molar-refractivity contribution in [1.82, 2.24) is 5.32 Å². The Balaban J connectivity index is 1.70. The van der Waals surface area contributed by atoms with Crippen molar-refractivity contribution in [1.29, 1.82) is 0 Å². The van der Waals surface area contributed by atoms with E-state index in [1.165, 1.54) is 0 Å². The molecule has 1 aromatic carbocycles. The highest BCUT2D eigenvalue weighted by molar-refractivity contribution is 5.94. The van der Waals surface area contributed by atoms with Crippen LogP contribution in [0.25, 0.3) is 0 Å². The molecule has 2 fully saturated rings. The van der Waals surface area contributed by atoms with Crippen LogP contribution in [-0.4, -0.2) is 48.6 Å². The summed E-state index contributed by atoms with van der Waals surface area (Å²) in [5.74, 6) is -2.24. The van der Waals surface area contributed by atoms with Crippen molar-refractivity contribution in [3.63, 3.8) is 0 Å². The van der Waals surface area contributed by atoms with Gasteiger partial charge in [0, 0.05) is 11.6 Å². The van der Waals surface area contributed by atoms with Gasteiger partial charge in [0.05, 0.1) is 19.3 Å². The number of hydrogen-bond acceptors (Lipinski definition) is 4. The van der Waals surface area contributed by atoms with Crippen LogP contribution < -0.4 is 5.32 Å². The maximum Gasteiger partial charge on any atom is 0.251 e. The molecule has 7 heteroatoms. The molecule has 0 aliphatic carbocycles. The molecule has 0 radical (unpaired) electrons. The van der Waals surface area contributed by atoms with E-state index in [9.17, 15) is 18.7 Å². The topological polar surface area (TPSA) is 67.8 Å². The van der Waals surface area contributed by atoms with Gasteiger partial charge in [0.2, 0.25) is 0 Å². The number of halogens is 2. The first-order valence-electron chi connectivity index (χ1n) is 6.23. The molecule has 2 saturated heterocycles. The fraction of sp³-hybridized carbons (Fsp3) is 0.462. The summed E-state index contributed by atoms with van der Waals surface area (Å²) < 4.78 is 36.8. The number of amides is 1. The molecule has 3 rings (SSSR count). The van der Waals surface area contributed by atoms with Gasteiger partial charge in [-0.1, -0.05) is 0 Å². The van der Waals surface area contributed by atoms with Crippen LogP contribution in [-0.2, 0) is 9.47 Å². The van der Waals surface area contributed by atoms with Gasteiger partial charge >= 0.3 is 0 Å². The minimum absolute atomic E-state index is 0.107. The summed E-state index contributed by atoms with van der Waals surface area (Å²) >= 11 is 0. The molecule has 0 unspecified atom stereocenters. The standard InChI is InChI=1S/C13H13F2NO4/c14-7-1-6(2-8(15)3-7)13(18)16-9-4-19-12-10(17)5-20-11(9)12/h1-3,9-12,17H,4-5H2,(H,16,18)/t9-,10+,11+,12+/m0/s1. The van der Waals surface area contributed by atoms with Crippen molar-refractivity contribution in [3.05, 3.63) is 35.4 Å². The van der Waals surface area contributed by atoms with Crippen LogP contribution in [0.2, 0.25) is 0 Å². The van der Waals surface area contributed by atoms with E-state index in [0.29, 0.717) is 6.07 Å². The monoisotopic (exact) mass is 285 g/mol. The van der Waals surface area contributed by atoms with Crippen molar-refractivity contribution in [2.45, 2.75) is 24.4 Å². The van der Waals surface area contributed by atoms with E-state index >= 15 is 0 Å². The summed E-state index contributed by atoms with van der Waals surface area (Å²) in [6.45, 7) is 0.340. The summed E-state index contributed by atoms with van der Waals surface area (Å²) in [7, 11) is 0. The minimum Gasteiger partial charge on any atom is -0.388 e. The molecular formula is C13H13F2NO4. The fourth-order valence-corrected chi connectivity index (χ4v) is 2.54. The van der Waals surface area contributed by atoms with E-state index in [2.05, 4.69) is 5.32 Å². The fourth-order valence-electron chi connectivity index (χ4n) is 2.54. The number of nitrogens with one attached hydrogen (secondary N) is 1. The highest BCUT2D eigenvalue weighted by Crippen LogP contribution is 2.27. The predicted molar refractivity (Wildman–Crippen MR) is 63.1 cm³/mol. The molecule has 108 valence electrons. The third-order valence-corrected chi connectivity index (χ3v) is 3.47. The zero-order chi connectivity index (χ0) is 14.3. The molecule has 2 aliphatic heterocycles. The Labute approximate surface area is 113 Å². The number of ether oxygens (including phenoxy) is 2. The molecule has 1 aromatic rings. The second-order valence-corrected chi connectivity index (χ2v) is 4.90. The highest BCUT2D eigenvalue weighted by Gasteiger charge is 2.47. The van der Waals surface area contributed by atoms with Crippen LogP contribution in [0, 0.1) is 11.6 Å². The number of rotatable bonds is 2. The molecule has 5 nitrogen and oxygen atoms in total. The van der Waals surface area contributed by atoms with Gasteiger partial charge in [-0.15, -0.1) is 0 Å². The molecule has 0 aromatic heterocycles. The van der Waals surface area contributed by atoms with E-state index in [1.54, 1.807) is 0 Å². The first-order chi connectivity index (χ1) is 9.54. The minimum atomic E-state index is -0.816. The zero-order valence-electron chi connectivity index (χ0n) is 10.4. The van der Waals surface area contributed by atoms with Crippen LogP contribution in [0.1, 0.15) is 10.4 Å². The molecule has 0 spiro atoms. The number of aliphatic hydroxyl groups excluding tert-OH is 1. The van der Waals surface area contributed by atoms with Gasteiger partial charge in [-0.05, 0) is 12.1 Å². The number of carbonyl (C=O) groups is 1. The van der Waals surface area contributed by atoms with E-state index in [1.807, 2.05) is 0 Å².